The van der Waals surface area contributed by atoms with Gasteiger partial charge in [0.25, 0.3) is 20.2 Å². The molecule has 2 N–H and O–H groups in total. The van der Waals surface area contributed by atoms with Crippen LogP contribution in [-0.2, 0) is 37.8 Å². The second-order valence-corrected chi connectivity index (χ2v) is 10.3. The summed E-state index contributed by atoms with van der Waals surface area (Å²) < 4.78 is 71.5. The van der Waals surface area contributed by atoms with Crippen LogP contribution >= 0.6 is 0 Å². The van der Waals surface area contributed by atoms with Gasteiger partial charge in [-0.3, -0.25) is 9.11 Å². The Morgan fingerprint density at radius 1 is 0.793 bits per heavy atom. The van der Waals surface area contributed by atoms with Crippen molar-refractivity contribution in [2.45, 2.75) is 61.5 Å². The number of rotatable bonds is 6. The van der Waals surface area contributed by atoms with Crippen molar-refractivity contribution in [3.05, 3.63) is 58.7 Å². The lowest BCUT2D eigenvalue weighted by Crippen LogP contribution is -2.18. The lowest BCUT2D eigenvalue weighted by atomic mass is 10.0. The number of ether oxygens (including phenoxy) is 1. The van der Waals surface area contributed by atoms with Crippen LogP contribution in [0.5, 0.6) is 0 Å². The molecule has 0 amide bonds. The third-order valence-corrected chi connectivity index (χ3v) is 6.99. The van der Waals surface area contributed by atoms with Crippen LogP contribution < -0.4 is 0 Å². The maximum absolute atomic E-state index is 11.6. The summed E-state index contributed by atoms with van der Waals surface area (Å²) in [6, 6.07) is 9.46. The number of aryl methyl sites for hydroxylation is 2. The Balaban J connectivity index is 1.76. The first-order chi connectivity index (χ1) is 13.4. The summed E-state index contributed by atoms with van der Waals surface area (Å²) in [6.45, 7) is 3.67. The minimum Gasteiger partial charge on any atom is -0.374 e. The molecule has 1 heterocycles. The average Bonchev–Trinajstić information content (AvgIpc) is 2.99. The molecule has 0 radical (unpaired) electrons. The highest BCUT2D eigenvalue weighted by atomic mass is 32.2. The van der Waals surface area contributed by atoms with E-state index in [-0.39, 0.29) is 22.0 Å². The van der Waals surface area contributed by atoms with Crippen LogP contribution in [0.4, 0.5) is 0 Å². The van der Waals surface area contributed by atoms with Gasteiger partial charge < -0.3 is 4.74 Å². The van der Waals surface area contributed by atoms with Crippen molar-refractivity contribution in [1.82, 2.24) is 0 Å². The highest BCUT2D eigenvalue weighted by molar-refractivity contribution is 7.86. The first-order valence-corrected chi connectivity index (χ1v) is 12.1. The van der Waals surface area contributed by atoms with E-state index >= 15 is 0 Å². The van der Waals surface area contributed by atoms with Gasteiger partial charge in [0.05, 0.1) is 22.0 Å². The molecule has 2 aromatic carbocycles. The Labute approximate surface area is 171 Å². The van der Waals surface area contributed by atoms with Gasteiger partial charge >= 0.3 is 0 Å². The zero-order valence-electron chi connectivity index (χ0n) is 16.2. The normalized spacial score (nSPS) is 20.1. The highest BCUT2D eigenvalue weighted by Crippen LogP contribution is 2.29. The Morgan fingerprint density at radius 3 is 1.52 bits per heavy atom. The third-order valence-electron chi connectivity index (χ3n) is 5.08. The van der Waals surface area contributed by atoms with Crippen molar-refractivity contribution in [2.75, 3.05) is 0 Å². The summed E-state index contributed by atoms with van der Waals surface area (Å²) in [5, 5.41) is 0. The summed E-state index contributed by atoms with van der Waals surface area (Å²) in [5.74, 6) is 0. The highest BCUT2D eigenvalue weighted by Gasteiger charge is 2.29. The van der Waals surface area contributed by atoms with Crippen LogP contribution in [0.3, 0.4) is 0 Å². The second-order valence-electron chi connectivity index (χ2n) is 7.54. The molecule has 0 saturated carbocycles. The van der Waals surface area contributed by atoms with E-state index in [0.717, 1.165) is 11.1 Å². The molecule has 0 spiro atoms. The van der Waals surface area contributed by atoms with Gasteiger partial charge in [0, 0.05) is 12.8 Å². The minimum absolute atomic E-state index is 0.123. The van der Waals surface area contributed by atoms with E-state index in [9.17, 15) is 25.9 Å². The molecule has 158 valence electrons. The standard InChI is InChI=1S/C20H24O7S2/c1-13-3-7-19(28(21,22)23)15(9-13)11-17-5-6-18(27-17)12-16-10-14(2)4-8-20(16)29(24,25)26/h3-4,7-10,17-18H,5-6,11-12H2,1-2H3,(H,21,22,23)(H,24,25,26)/t17-,18+. The molecule has 9 heteroatoms. The zero-order chi connectivity index (χ0) is 21.4. The molecule has 1 aliphatic heterocycles. The Kier molecular flexibility index (Phi) is 6.16. The molecule has 2 aromatic rings. The van der Waals surface area contributed by atoms with Crippen LogP contribution in [-0.4, -0.2) is 38.1 Å². The number of benzene rings is 2. The number of hydrogen-bond donors (Lipinski definition) is 2. The molecule has 0 unspecified atom stereocenters. The van der Waals surface area contributed by atoms with E-state index in [2.05, 4.69) is 0 Å². The lowest BCUT2D eigenvalue weighted by molar-refractivity contribution is 0.0454. The first kappa shape index (κ1) is 21.9. The summed E-state index contributed by atoms with van der Waals surface area (Å²) in [7, 11) is -8.66. The largest absolute Gasteiger partial charge is 0.374 e. The predicted molar refractivity (Wildman–Crippen MR) is 107 cm³/mol. The maximum atomic E-state index is 11.6. The molecule has 2 atom stereocenters. The molecule has 3 rings (SSSR count). The maximum Gasteiger partial charge on any atom is 0.294 e. The fraction of sp³-hybridized carbons (Fsp3) is 0.400. The lowest BCUT2D eigenvalue weighted by Gasteiger charge is -2.17. The number of hydrogen-bond acceptors (Lipinski definition) is 5. The molecular formula is C20H24O7S2. The molecule has 1 saturated heterocycles. The van der Waals surface area contributed by atoms with Gasteiger partial charge in [-0.1, -0.05) is 35.4 Å². The van der Waals surface area contributed by atoms with E-state index in [4.69, 9.17) is 4.74 Å². The summed E-state index contributed by atoms with van der Waals surface area (Å²) in [5.41, 5.74) is 2.73. The van der Waals surface area contributed by atoms with E-state index in [0.29, 0.717) is 36.8 Å². The van der Waals surface area contributed by atoms with Gasteiger partial charge in [0.2, 0.25) is 0 Å². The summed E-state index contributed by atoms with van der Waals surface area (Å²) in [4.78, 5) is -0.245. The molecule has 1 fully saturated rings. The fourth-order valence-corrected chi connectivity index (χ4v) is 5.24. The molecule has 0 bridgehead atoms. The smallest absolute Gasteiger partial charge is 0.294 e. The van der Waals surface area contributed by atoms with Crippen molar-refractivity contribution in [2.24, 2.45) is 0 Å². The Hall–Kier alpha value is -1.78. The minimum atomic E-state index is -4.33. The van der Waals surface area contributed by atoms with Crippen molar-refractivity contribution in [3.8, 4) is 0 Å². The van der Waals surface area contributed by atoms with Crippen LogP contribution in [0.15, 0.2) is 46.2 Å². The van der Waals surface area contributed by atoms with E-state index in [1.165, 1.54) is 12.1 Å². The quantitative estimate of drug-likeness (QED) is 0.663. The summed E-state index contributed by atoms with van der Waals surface area (Å²) in [6.07, 6.45) is 1.51. The van der Waals surface area contributed by atoms with E-state index in [1.807, 2.05) is 13.8 Å². The van der Waals surface area contributed by atoms with Crippen molar-refractivity contribution >= 4 is 20.2 Å². The van der Waals surface area contributed by atoms with Gasteiger partial charge in [-0.15, -0.1) is 0 Å². The predicted octanol–water partition coefficient (Wildman–Crippen LogP) is 3.13. The van der Waals surface area contributed by atoms with Gasteiger partial charge in [-0.05, 0) is 49.9 Å². The molecule has 7 nitrogen and oxygen atoms in total. The zero-order valence-corrected chi connectivity index (χ0v) is 17.8. The molecule has 29 heavy (non-hydrogen) atoms. The monoisotopic (exact) mass is 440 g/mol. The summed E-state index contributed by atoms with van der Waals surface area (Å²) >= 11 is 0. The average molecular weight is 441 g/mol. The van der Waals surface area contributed by atoms with E-state index in [1.54, 1.807) is 24.3 Å². The van der Waals surface area contributed by atoms with Crippen LogP contribution in [0.1, 0.15) is 35.1 Å². The van der Waals surface area contributed by atoms with E-state index < -0.39 is 20.2 Å². The van der Waals surface area contributed by atoms with Gasteiger partial charge in [-0.2, -0.15) is 16.8 Å². The molecule has 1 aliphatic rings. The molecule has 0 aromatic heterocycles. The van der Waals surface area contributed by atoms with Crippen LogP contribution in [0, 0.1) is 13.8 Å². The second kappa shape index (κ2) is 8.16. The fourth-order valence-electron chi connectivity index (χ4n) is 3.81. The van der Waals surface area contributed by atoms with Gasteiger partial charge in [0.15, 0.2) is 0 Å². The van der Waals surface area contributed by atoms with Crippen molar-refractivity contribution in [3.63, 3.8) is 0 Å². The van der Waals surface area contributed by atoms with Crippen molar-refractivity contribution in [1.29, 1.82) is 0 Å². The first-order valence-electron chi connectivity index (χ1n) is 9.23. The third kappa shape index (κ3) is 5.43. The van der Waals surface area contributed by atoms with Gasteiger partial charge in [0.1, 0.15) is 0 Å². The van der Waals surface area contributed by atoms with Gasteiger partial charge in [-0.25, -0.2) is 0 Å². The Bertz CT molecular complexity index is 1030. The van der Waals surface area contributed by atoms with Crippen LogP contribution in [0.2, 0.25) is 0 Å². The SMILES string of the molecule is Cc1ccc(S(=O)(=O)O)c(C[C@H]2CC[C@@H](Cc3cc(C)ccc3S(=O)(=O)O)O2)c1. The topological polar surface area (TPSA) is 118 Å². The molecular weight excluding hydrogens is 416 g/mol. The van der Waals surface area contributed by atoms with Crippen LogP contribution in [0.25, 0.3) is 0 Å². The molecule has 0 aliphatic carbocycles. The van der Waals surface area contributed by atoms with Crippen molar-refractivity contribution < 1.29 is 30.7 Å². The Morgan fingerprint density at radius 2 is 1.17 bits per heavy atom.